The third-order valence-corrected chi connectivity index (χ3v) is 4.07. The first-order valence-corrected chi connectivity index (χ1v) is 8.57. The van der Waals surface area contributed by atoms with Gasteiger partial charge in [-0.05, 0) is 17.0 Å². The van der Waals surface area contributed by atoms with Crippen molar-refractivity contribution in [2.45, 2.75) is 19.8 Å². The molecule has 0 aliphatic rings. The third-order valence-electron chi connectivity index (χ3n) is 4.07. The van der Waals surface area contributed by atoms with Crippen LogP contribution in [-0.4, -0.2) is 16.2 Å². The van der Waals surface area contributed by atoms with Crippen LogP contribution in [0.4, 0.5) is 5.95 Å². The van der Waals surface area contributed by atoms with E-state index in [1.807, 2.05) is 36.4 Å². The Kier molecular flexibility index (Phi) is 5.43. The molecule has 2 aromatic carbocycles. The van der Waals surface area contributed by atoms with Crippen LogP contribution in [-0.2, 0) is 0 Å². The van der Waals surface area contributed by atoms with Crippen molar-refractivity contribution in [3.8, 4) is 17.3 Å². The van der Waals surface area contributed by atoms with Crippen molar-refractivity contribution in [3.05, 3.63) is 81.6 Å². The second-order valence-electron chi connectivity index (χ2n) is 6.31. The summed E-state index contributed by atoms with van der Waals surface area (Å²) in [6.07, 6.45) is 1.64. The number of aromatic amines is 1. The molecule has 0 radical (unpaired) electrons. The van der Waals surface area contributed by atoms with Gasteiger partial charge in [-0.3, -0.25) is 9.78 Å². The van der Waals surface area contributed by atoms with Crippen molar-refractivity contribution < 1.29 is 0 Å². The van der Waals surface area contributed by atoms with Gasteiger partial charge in [0, 0.05) is 5.56 Å². The number of benzene rings is 2. The largest absolute Gasteiger partial charge is 0.290 e. The molecule has 3 rings (SSSR count). The molecule has 0 saturated heterocycles. The Bertz CT molecular complexity index is 1040. The lowest BCUT2D eigenvalue weighted by Gasteiger charge is -2.06. The molecule has 6 nitrogen and oxygen atoms in total. The van der Waals surface area contributed by atoms with Crippen molar-refractivity contribution >= 4 is 12.2 Å². The SMILES string of the molecule is CC(C)c1ccc(C=NNc2nc(-c3ccccc3)c(C#N)c(=O)[nH]2)cc1. The zero-order valence-electron chi connectivity index (χ0n) is 15.1. The van der Waals surface area contributed by atoms with E-state index in [2.05, 4.69) is 46.5 Å². The number of hydrazone groups is 1. The normalized spacial score (nSPS) is 10.9. The Hall–Kier alpha value is -3.72. The van der Waals surface area contributed by atoms with Gasteiger partial charge in [-0.15, -0.1) is 0 Å². The van der Waals surface area contributed by atoms with Crippen LogP contribution in [0, 0.1) is 11.3 Å². The lowest BCUT2D eigenvalue weighted by Crippen LogP contribution is -2.16. The van der Waals surface area contributed by atoms with Gasteiger partial charge in [-0.2, -0.15) is 10.4 Å². The zero-order chi connectivity index (χ0) is 19.2. The fourth-order valence-electron chi connectivity index (χ4n) is 2.57. The molecule has 3 aromatic rings. The van der Waals surface area contributed by atoms with E-state index in [1.54, 1.807) is 18.3 Å². The summed E-state index contributed by atoms with van der Waals surface area (Å²) >= 11 is 0. The number of hydrogen-bond donors (Lipinski definition) is 2. The van der Waals surface area contributed by atoms with E-state index >= 15 is 0 Å². The highest BCUT2D eigenvalue weighted by Crippen LogP contribution is 2.19. The van der Waals surface area contributed by atoms with Gasteiger partial charge in [-0.25, -0.2) is 10.4 Å². The standard InChI is InChI=1S/C21H19N5O/c1-14(2)16-10-8-15(9-11-16)13-23-26-21-24-19(17-6-4-3-5-7-17)18(12-22)20(27)25-21/h3-11,13-14H,1-2H3,(H2,24,25,26,27). The van der Waals surface area contributed by atoms with Crippen LogP contribution in [0.3, 0.4) is 0 Å². The molecule has 0 amide bonds. The highest BCUT2D eigenvalue weighted by molar-refractivity contribution is 5.80. The lowest BCUT2D eigenvalue weighted by atomic mass is 10.0. The van der Waals surface area contributed by atoms with Gasteiger partial charge in [0.2, 0.25) is 5.95 Å². The maximum absolute atomic E-state index is 12.2. The number of anilines is 1. The molecule has 0 fully saturated rings. The minimum atomic E-state index is -0.509. The quantitative estimate of drug-likeness (QED) is 0.535. The van der Waals surface area contributed by atoms with Gasteiger partial charge in [0.15, 0.2) is 0 Å². The molecular weight excluding hydrogens is 338 g/mol. The van der Waals surface area contributed by atoms with Crippen LogP contribution in [0.25, 0.3) is 11.3 Å². The predicted octanol–water partition coefficient (Wildman–Crippen LogP) is 3.88. The van der Waals surface area contributed by atoms with E-state index in [9.17, 15) is 10.1 Å². The number of nitrogens with zero attached hydrogens (tertiary/aromatic N) is 3. The number of H-pyrrole nitrogens is 1. The van der Waals surface area contributed by atoms with Crippen LogP contribution in [0.1, 0.15) is 36.5 Å². The van der Waals surface area contributed by atoms with E-state index in [1.165, 1.54) is 5.56 Å². The fourth-order valence-corrected chi connectivity index (χ4v) is 2.57. The number of rotatable bonds is 5. The maximum Gasteiger partial charge on any atom is 0.270 e. The molecule has 0 aliphatic carbocycles. The van der Waals surface area contributed by atoms with Crippen LogP contribution >= 0.6 is 0 Å². The van der Waals surface area contributed by atoms with Crippen LogP contribution in [0.2, 0.25) is 0 Å². The van der Waals surface area contributed by atoms with Gasteiger partial charge in [0.25, 0.3) is 5.56 Å². The summed E-state index contributed by atoms with van der Waals surface area (Å²) in [6.45, 7) is 4.28. The number of aromatic nitrogens is 2. The van der Waals surface area contributed by atoms with E-state index in [-0.39, 0.29) is 11.5 Å². The molecule has 2 N–H and O–H groups in total. The van der Waals surface area contributed by atoms with Gasteiger partial charge in [-0.1, -0.05) is 68.4 Å². The molecule has 6 heteroatoms. The third kappa shape index (κ3) is 4.28. The molecule has 0 spiro atoms. The monoisotopic (exact) mass is 357 g/mol. The summed E-state index contributed by atoms with van der Waals surface area (Å²) in [5.74, 6) is 0.645. The topological polar surface area (TPSA) is 93.9 Å². The molecular formula is C21H19N5O. The molecule has 0 saturated carbocycles. The molecule has 1 aromatic heterocycles. The summed E-state index contributed by atoms with van der Waals surface area (Å²) < 4.78 is 0. The molecule has 0 atom stereocenters. The molecule has 27 heavy (non-hydrogen) atoms. The van der Waals surface area contributed by atoms with Gasteiger partial charge >= 0.3 is 0 Å². The first kappa shape index (κ1) is 18.1. The summed E-state index contributed by atoms with van der Waals surface area (Å²) in [5.41, 5.74) is 5.38. The molecule has 134 valence electrons. The first-order chi connectivity index (χ1) is 13.1. The van der Waals surface area contributed by atoms with Crippen LogP contribution in [0.5, 0.6) is 0 Å². The molecule has 1 heterocycles. The summed E-state index contributed by atoms with van der Waals surface area (Å²) in [6, 6.07) is 19.1. The average Bonchev–Trinajstić information content (AvgIpc) is 2.68. The second-order valence-corrected chi connectivity index (χ2v) is 6.31. The average molecular weight is 357 g/mol. The van der Waals surface area contributed by atoms with Crippen LogP contribution in [0.15, 0.2) is 64.5 Å². The number of nitrogens with one attached hydrogen (secondary N) is 2. The Morgan fingerprint density at radius 3 is 2.48 bits per heavy atom. The van der Waals surface area contributed by atoms with Crippen molar-refractivity contribution in [3.63, 3.8) is 0 Å². The maximum atomic E-state index is 12.2. The van der Waals surface area contributed by atoms with E-state index in [4.69, 9.17) is 0 Å². The van der Waals surface area contributed by atoms with Crippen molar-refractivity contribution in [2.75, 3.05) is 5.43 Å². The number of hydrogen-bond acceptors (Lipinski definition) is 5. The summed E-state index contributed by atoms with van der Waals surface area (Å²) in [7, 11) is 0. The molecule has 0 aliphatic heterocycles. The Morgan fingerprint density at radius 1 is 1.15 bits per heavy atom. The van der Waals surface area contributed by atoms with E-state index < -0.39 is 5.56 Å². The van der Waals surface area contributed by atoms with Crippen molar-refractivity contribution in [2.24, 2.45) is 5.10 Å². The van der Waals surface area contributed by atoms with Gasteiger partial charge < -0.3 is 0 Å². The first-order valence-electron chi connectivity index (χ1n) is 8.57. The second kappa shape index (κ2) is 8.11. The van der Waals surface area contributed by atoms with Crippen molar-refractivity contribution in [1.82, 2.24) is 9.97 Å². The molecule has 0 unspecified atom stereocenters. The van der Waals surface area contributed by atoms with E-state index in [0.29, 0.717) is 17.2 Å². The number of nitriles is 1. The summed E-state index contributed by atoms with van der Waals surface area (Å²) in [5, 5.41) is 13.4. The van der Waals surface area contributed by atoms with Crippen molar-refractivity contribution in [1.29, 1.82) is 5.26 Å². The van der Waals surface area contributed by atoms with Gasteiger partial charge in [0.1, 0.15) is 11.6 Å². The Labute approximate surface area is 157 Å². The smallest absolute Gasteiger partial charge is 0.270 e. The Morgan fingerprint density at radius 2 is 1.85 bits per heavy atom. The fraction of sp³-hybridized carbons (Fsp3) is 0.143. The van der Waals surface area contributed by atoms with E-state index in [0.717, 1.165) is 5.56 Å². The van der Waals surface area contributed by atoms with Crippen LogP contribution < -0.4 is 11.0 Å². The Balaban J connectivity index is 1.84. The predicted molar refractivity (Wildman–Crippen MR) is 107 cm³/mol. The minimum Gasteiger partial charge on any atom is -0.290 e. The highest BCUT2D eigenvalue weighted by atomic mass is 16.1. The molecule has 0 bridgehead atoms. The highest BCUT2D eigenvalue weighted by Gasteiger charge is 2.12. The minimum absolute atomic E-state index is 0.0278. The van der Waals surface area contributed by atoms with Gasteiger partial charge in [0.05, 0.1) is 11.9 Å². The summed E-state index contributed by atoms with van der Waals surface area (Å²) in [4.78, 5) is 19.1. The lowest BCUT2D eigenvalue weighted by molar-refractivity contribution is 0.866. The zero-order valence-corrected chi connectivity index (χ0v) is 15.1.